The van der Waals surface area contributed by atoms with Crippen LogP contribution in [0.25, 0.3) is 11.0 Å². The predicted molar refractivity (Wildman–Crippen MR) is 97.5 cm³/mol. The highest BCUT2D eigenvalue weighted by molar-refractivity contribution is 5.94. The first kappa shape index (κ1) is 17.2. The van der Waals surface area contributed by atoms with Crippen molar-refractivity contribution in [3.8, 4) is 17.7 Å². The minimum absolute atomic E-state index is 0.160. The lowest BCUT2D eigenvalue weighted by Gasteiger charge is -2.08. The standard InChI is InChI=1S/C18H18N6O2/c1-11(6-5-7-12-10-20-15(19)18(22-12)26-2)21-17(25)16-23-13-8-3-4-9-14(13)24-16/h3-4,8-11H,6H2,1-2H3,(H2,19,20)(H,21,25)(H,23,24)/t11-/m0/s1. The zero-order chi connectivity index (χ0) is 18.5. The summed E-state index contributed by atoms with van der Waals surface area (Å²) in [6, 6.07) is 7.31. The first-order chi connectivity index (χ1) is 12.6. The number of nitrogen functional groups attached to an aromatic ring is 1. The van der Waals surface area contributed by atoms with Crippen LogP contribution in [0.2, 0.25) is 0 Å². The van der Waals surface area contributed by atoms with Crippen molar-refractivity contribution in [1.82, 2.24) is 25.3 Å². The first-order valence-corrected chi connectivity index (χ1v) is 7.98. The fourth-order valence-corrected chi connectivity index (χ4v) is 2.29. The van der Waals surface area contributed by atoms with Gasteiger partial charge in [0, 0.05) is 12.5 Å². The molecule has 0 unspecified atom stereocenters. The lowest BCUT2D eigenvalue weighted by atomic mass is 10.2. The molecule has 2 aromatic heterocycles. The fourth-order valence-electron chi connectivity index (χ4n) is 2.29. The molecule has 0 saturated carbocycles. The monoisotopic (exact) mass is 350 g/mol. The summed E-state index contributed by atoms with van der Waals surface area (Å²) in [5.74, 6) is 6.30. The number of fused-ring (bicyclic) bond motifs is 1. The van der Waals surface area contributed by atoms with Crippen molar-refractivity contribution in [2.45, 2.75) is 19.4 Å². The number of ether oxygens (including phenoxy) is 1. The van der Waals surface area contributed by atoms with Crippen molar-refractivity contribution in [2.24, 2.45) is 0 Å². The average Bonchev–Trinajstić information content (AvgIpc) is 3.07. The molecule has 0 bridgehead atoms. The Bertz CT molecular complexity index is 969. The average molecular weight is 350 g/mol. The normalized spacial score (nSPS) is 11.5. The third-order valence-corrected chi connectivity index (χ3v) is 3.57. The number of H-pyrrole nitrogens is 1. The van der Waals surface area contributed by atoms with Crippen LogP contribution in [0.4, 0.5) is 5.82 Å². The smallest absolute Gasteiger partial charge is 0.287 e. The number of carbonyl (C=O) groups excluding carboxylic acids is 1. The quantitative estimate of drug-likeness (QED) is 0.614. The van der Waals surface area contributed by atoms with Gasteiger partial charge in [0.2, 0.25) is 0 Å². The molecule has 8 nitrogen and oxygen atoms in total. The highest BCUT2D eigenvalue weighted by Crippen LogP contribution is 2.13. The van der Waals surface area contributed by atoms with E-state index in [2.05, 4.69) is 37.1 Å². The second-order valence-electron chi connectivity index (χ2n) is 5.63. The zero-order valence-electron chi connectivity index (χ0n) is 14.4. The third kappa shape index (κ3) is 3.89. The Morgan fingerprint density at radius 3 is 2.96 bits per heavy atom. The number of hydrogen-bond donors (Lipinski definition) is 3. The van der Waals surface area contributed by atoms with E-state index in [4.69, 9.17) is 10.5 Å². The number of benzene rings is 1. The molecule has 1 aromatic carbocycles. The Morgan fingerprint density at radius 1 is 1.38 bits per heavy atom. The summed E-state index contributed by atoms with van der Waals surface area (Å²) in [6.07, 6.45) is 1.92. The molecule has 132 valence electrons. The van der Waals surface area contributed by atoms with Crippen molar-refractivity contribution in [2.75, 3.05) is 12.8 Å². The molecule has 26 heavy (non-hydrogen) atoms. The number of hydrogen-bond acceptors (Lipinski definition) is 6. The highest BCUT2D eigenvalue weighted by atomic mass is 16.5. The number of aromatic nitrogens is 4. The molecular weight excluding hydrogens is 332 g/mol. The molecule has 8 heteroatoms. The fraction of sp³-hybridized carbons (Fsp3) is 0.222. The molecule has 0 spiro atoms. The minimum atomic E-state index is -0.274. The summed E-state index contributed by atoms with van der Waals surface area (Å²) < 4.78 is 5.01. The van der Waals surface area contributed by atoms with Crippen LogP contribution in [0, 0.1) is 11.8 Å². The van der Waals surface area contributed by atoms with Gasteiger partial charge in [0.25, 0.3) is 11.8 Å². The van der Waals surface area contributed by atoms with Gasteiger partial charge in [0.1, 0.15) is 5.69 Å². The molecule has 0 radical (unpaired) electrons. The maximum Gasteiger partial charge on any atom is 0.287 e. The molecule has 0 saturated heterocycles. The van der Waals surface area contributed by atoms with Crippen molar-refractivity contribution in [1.29, 1.82) is 0 Å². The number of nitrogens with two attached hydrogens (primary N) is 1. The number of rotatable bonds is 4. The number of nitrogens with zero attached hydrogens (tertiary/aromatic N) is 3. The van der Waals surface area contributed by atoms with Crippen LogP contribution in [-0.4, -0.2) is 39.0 Å². The number of imidazole rings is 1. The molecule has 0 aliphatic heterocycles. The number of amides is 1. The van der Waals surface area contributed by atoms with Gasteiger partial charge in [-0.1, -0.05) is 18.1 Å². The van der Waals surface area contributed by atoms with E-state index in [9.17, 15) is 4.79 Å². The van der Waals surface area contributed by atoms with Crippen LogP contribution >= 0.6 is 0 Å². The molecule has 0 aliphatic rings. The van der Waals surface area contributed by atoms with E-state index in [1.807, 2.05) is 31.2 Å². The van der Waals surface area contributed by atoms with Gasteiger partial charge >= 0.3 is 0 Å². The van der Waals surface area contributed by atoms with E-state index >= 15 is 0 Å². The Labute approximate surface area is 150 Å². The Balaban J connectivity index is 1.60. The lowest BCUT2D eigenvalue weighted by molar-refractivity contribution is 0.0931. The van der Waals surface area contributed by atoms with Crippen molar-refractivity contribution in [3.05, 3.63) is 42.0 Å². The van der Waals surface area contributed by atoms with Crippen molar-refractivity contribution >= 4 is 22.8 Å². The maximum atomic E-state index is 12.3. The Morgan fingerprint density at radius 2 is 2.19 bits per heavy atom. The van der Waals surface area contributed by atoms with Gasteiger partial charge in [0.05, 0.1) is 24.3 Å². The zero-order valence-corrected chi connectivity index (χ0v) is 14.4. The summed E-state index contributed by atoms with van der Waals surface area (Å²) in [6.45, 7) is 1.87. The van der Waals surface area contributed by atoms with Crippen molar-refractivity contribution in [3.63, 3.8) is 0 Å². The third-order valence-electron chi connectivity index (χ3n) is 3.57. The van der Waals surface area contributed by atoms with Crippen LogP contribution in [0.5, 0.6) is 5.88 Å². The van der Waals surface area contributed by atoms with Crippen LogP contribution in [0.15, 0.2) is 30.5 Å². The van der Waals surface area contributed by atoms with Gasteiger partial charge in [-0.05, 0) is 25.0 Å². The number of carbonyl (C=O) groups is 1. The predicted octanol–water partition coefficient (Wildman–Crippen LogP) is 1.50. The van der Waals surface area contributed by atoms with Gasteiger partial charge in [-0.25, -0.2) is 9.97 Å². The van der Waals surface area contributed by atoms with Gasteiger partial charge < -0.3 is 20.8 Å². The second-order valence-corrected chi connectivity index (χ2v) is 5.63. The van der Waals surface area contributed by atoms with E-state index in [1.54, 1.807) is 0 Å². The number of aromatic amines is 1. The summed E-state index contributed by atoms with van der Waals surface area (Å²) in [7, 11) is 1.47. The number of nitrogens with one attached hydrogen (secondary N) is 2. The van der Waals surface area contributed by atoms with E-state index < -0.39 is 0 Å². The molecule has 0 aliphatic carbocycles. The molecule has 3 rings (SSSR count). The first-order valence-electron chi connectivity index (χ1n) is 7.98. The van der Waals surface area contributed by atoms with Crippen molar-refractivity contribution < 1.29 is 9.53 Å². The largest absolute Gasteiger partial charge is 0.478 e. The van der Waals surface area contributed by atoms with Gasteiger partial charge in [-0.15, -0.1) is 0 Å². The van der Waals surface area contributed by atoms with E-state index in [-0.39, 0.29) is 29.5 Å². The molecule has 3 aromatic rings. The maximum absolute atomic E-state index is 12.3. The Kier molecular flexibility index (Phi) is 4.99. The molecule has 1 atom stereocenters. The second kappa shape index (κ2) is 7.53. The molecule has 4 N–H and O–H groups in total. The Hall–Kier alpha value is -3.60. The summed E-state index contributed by atoms with van der Waals surface area (Å²) >= 11 is 0. The molecule has 1 amide bonds. The van der Waals surface area contributed by atoms with E-state index in [1.165, 1.54) is 13.3 Å². The van der Waals surface area contributed by atoms with Gasteiger partial charge in [-0.3, -0.25) is 4.79 Å². The minimum Gasteiger partial charge on any atom is -0.478 e. The van der Waals surface area contributed by atoms with Crippen LogP contribution in [0.1, 0.15) is 29.7 Å². The van der Waals surface area contributed by atoms with E-state index in [0.29, 0.717) is 12.1 Å². The molecule has 2 heterocycles. The highest BCUT2D eigenvalue weighted by Gasteiger charge is 2.13. The SMILES string of the molecule is COc1nc(C#CC[C@H](C)NC(=O)c2nc3ccccc3[nH]2)cnc1N. The summed E-state index contributed by atoms with van der Waals surface area (Å²) in [4.78, 5) is 27.6. The van der Waals surface area contributed by atoms with Crippen LogP contribution < -0.4 is 15.8 Å². The number of methoxy groups -OCH3 is 1. The van der Waals surface area contributed by atoms with Gasteiger partial charge in [-0.2, -0.15) is 4.98 Å². The molecule has 0 fully saturated rings. The lowest BCUT2D eigenvalue weighted by Crippen LogP contribution is -2.32. The number of anilines is 1. The topological polar surface area (TPSA) is 119 Å². The van der Waals surface area contributed by atoms with Crippen LogP contribution in [0.3, 0.4) is 0 Å². The summed E-state index contributed by atoms with van der Waals surface area (Å²) in [5.41, 5.74) is 7.63. The van der Waals surface area contributed by atoms with Crippen LogP contribution in [-0.2, 0) is 0 Å². The number of para-hydroxylation sites is 2. The summed E-state index contributed by atoms with van der Waals surface area (Å²) in [5, 5.41) is 2.86. The molecular formula is C18H18N6O2. The van der Waals surface area contributed by atoms with E-state index in [0.717, 1.165) is 11.0 Å². The van der Waals surface area contributed by atoms with Gasteiger partial charge in [0.15, 0.2) is 11.6 Å².